The predicted octanol–water partition coefficient (Wildman–Crippen LogP) is 0.282. The van der Waals surface area contributed by atoms with Crippen molar-refractivity contribution >= 4 is 24.3 Å². The number of nitrogens with one attached hydrogen (secondary N) is 1. The summed E-state index contributed by atoms with van der Waals surface area (Å²) in [7, 11) is 2.73. The molecule has 0 aromatic heterocycles. The second-order valence-corrected chi connectivity index (χ2v) is 4.34. The Morgan fingerprint density at radius 1 is 1.24 bits per heavy atom. The Morgan fingerprint density at radius 3 is 2.38 bits per heavy atom. The summed E-state index contributed by atoms with van der Waals surface area (Å²) in [5.74, 6) is -0.954. The van der Waals surface area contributed by atoms with Crippen molar-refractivity contribution in [2.75, 3.05) is 20.8 Å². The first-order chi connectivity index (χ1) is 9.58. The first kappa shape index (κ1) is 19.4. The van der Waals surface area contributed by atoms with E-state index in [0.717, 1.165) is 5.56 Å². The molecule has 2 unspecified atom stereocenters. The molecule has 0 saturated carbocycles. The van der Waals surface area contributed by atoms with Gasteiger partial charge in [0.15, 0.2) is 0 Å². The topological polar surface area (TPSA) is 90.6 Å². The average molecular weight is 317 g/mol. The second kappa shape index (κ2) is 10.1. The number of halogens is 1. The fourth-order valence-corrected chi connectivity index (χ4v) is 1.72. The Balaban J connectivity index is 0.00000400. The van der Waals surface area contributed by atoms with Gasteiger partial charge in [-0.2, -0.15) is 0 Å². The molecule has 3 N–H and O–H groups in total. The van der Waals surface area contributed by atoms with Gasteiger partial charge in [-0.15, -0.1) is 12.4 Å². The number of nitrogens with two attached hydrogens (primary N) is 1. The Hall–Kier alpha value is -1.63. The van der Waals surface area contributed by atoms with E-state index in [2.05, 4.69) is 5.32 Å². The number of hydrogen-bond acceptors (Lipinski definition) is 5. The Labute approximate surface area is 130 Å². The molecule has 1 rings (SSSR count). The Bertz CT molecular complexity index is 442. The fourth-order valence-electron chi connectivity index (χ4n) is 1.72. The van der Waals surface area contributed by atoms with E-state index in [1.54, 1.807) is 0 Å². The quantitative estimate of drug-likeness (QED) is 0.705. The number of carbonyl (C=O) groups excluding carboxylic acids is 2. The van der Waals surface area contributed by atoms with Gasteiger partial charge in [-0.3, -0.25) is 4.79 Å². The highest BCUT2D eigenvalue weighted by Gasteiger charge is 2.24. The zero-order chi connectivity index (χ0) is 15.0. The summed E-state index contributed by atoms with van der Waals surface area (Å²) in [6.07, 6.45) is 0.346. The van der Waals surface area contributed by atoms with Gasteiger partial charge >= 0.3 is 5.97 Å². The van der Waals surface area contributed by atoms with Gasteiger partial charge in [-0.25, -0.2) is 4.79 Å². The summed E-state index contributed by atoms with van der Waals surface area (Å²) in [5.41, 5.74) is 6.54. The lowest BCUT2D eigenvalue weighted by Gasteiger charge is -2.19. The molecule has 0 spiro atoms. The summed E-state index contributed by atoms with van der Waals surface area (Å²) in [4.78, 5) is 23.6. The monoisotopic (exact) mass is 316 g/mol. The number of benzene rings is 1. The second-order valence-electron chi connectivity index (χ2n) is 4.34. The van der Waals surface area contributed by atoms with Gasteiger partial charge in [0, 0.05) is 13.5 Å². The molecule has 0 aliphatic rings. The molecule has 0 aliphatic carbocycles. The van der Waals surface area contributed by atoms with Gasteiger partial charge in [0.25, 0.3) is 0 Å². The number of methoxy groups -OCH3 is 2. The van der Waals surface area contributed by atoms with Crippen molar-refractivity contribution in [3.63, 3.8) is 0 Å². The van der Waals surface area contributed by atoms with Crippen LogP contribution in [0.4, 0.5) is 0 Å². The number of hydrogen-bond donors (Lipinski definition) is 2. The van der Waals surface area contributed by atoms with E-state index in [-0.39, 0.29) is 19.0 Å². The van der Waals surface area contributed by atoms with Crippen molar-refractivity contribution in [2.45, 2.75) is 18.5 Å². The predicted molar refractivity (Wildman–Crippen MR) is 81.2 cm³/mol. The summed E-state index contributed by atoms with van der Waals surface area (Å²) < 4.78 is 9.51. The maximum absolute atomic E-state index is 11.8. The van der Waals surface area contributed by atoms with Crippen molar-refractivity contribution in [3.05, 3.63) is 35.9 Å². The molecule has 0 heterocycles. The molecule has 0 fully saturated rings. The van der Waals surface area contributed by atoms with Crippen LogP contribution < -0.4 is 11.1 Å². The third kappa shape index (κ3) is 6.57. The van der Waals surface area contributed by atoms with Crippen LogP contribution in [0.5, 0.6) is 0 Å². The van der Waals surface area contributed by atoms with Crippen LogP contribution in [0.2, 0.25) is 0 Å². The van der Waals surface area contributed by atoms with Crippen molar-refractivity contribution < 1.29 is 19.1 Å². The molecule has 2 atom stereocenters. The number of rotatable bonds is 7. The molecule has 0 bridgehead atoms. The van der Waals surface area contributed by atoms with E-state index in [4.69, 9.17) is 15.2 Å². The molecule has 0 aliphatic heterocycles. The van der Waals surface area contributed by atoms with Crippen molar-refractivity contribution in [3.8, 4) is 0 Å². The molecule has 6 nitrogen and oxygen atoms in total. The molecule has 21 heavy (non-hydrogen) atoms. The Kier molecular flexibility index (Phi) is 9.36. The highest BCUT2D eigenvalue weighted by atomic mass is 35.5. The van der Waals surface area contributed by atoms with E-state index in [0.29, 0.717) is 6.42 Å². The minimum atomic E-state index is -0.817. The van der Waals surface area contributed by atoms with E-state index in [1.165, 1.54) is 14.2 Å². The highest BCUT2D eigenvalue weighted by molar-refractivity contribution is 5.87. The molecular weight excluding hydrogens is 296 g/mol. The van der Waals surface area contributed by atoms with Crippen LogP contribution in [0, 0.1) is 0 Å². The van der Waals surface area contributed by atoms with Gasteiger partial charge in [0.05, 0.1) is 13.7 Å². The summed E-state index contributed by atoms with van der Waals surface area (Å²) in [6.45, 7) is 0.0884. The molecular formula is C14H21ClN2O4. The molecule has 7 heteroatoms. The fraction of sp³-hybridized carbons (Fsp3) is 0.429. The SMILES string of the molecule is COCC(N)C(=O)NC(Cc1ccccc1)C(=O)OC.Cl. The Morgan fingerprint density at radius 2 is 1.86 bits per heavy atom. The average Bonchev–Trinajstić information content (AvgIpc) is 2.47. The van der Waals surface area contributed by atoms with Crippen LogP contribution in [0.1, 0.15) is 5.56 Å². The maximum atomic E-state index is 11.8. The van der Waals surface area contributed by atoms with Gasteiger partial charge in [0.2, 0.25) is 5.91 Å². The van der Waals surface area contributed by atoms with Crippen LogP contribution in [-0.2, 0) is 25.5 Å². The lowest BCUT2D eigenvalue weighted by molar-refractivity contribution is -0.145. The first-order valence-corrected chi connectivity index (χ1v) is 6.25. The lowest BCUT2D eigenvalue weighted by atomic mass is 10.1. The number of ether oxygens (including phenoxy) is 2. The molecule has 1 amide bonds. The third-order valence-electron chi connectivity index (χ3n) is 2.77. The summed E-state index contributed by atoms with van der Waals surface area (Å²) in [5, 5.41) is 2.58. The van der Waals surface area contributed by atoms with Gasteiger partial charge in [-0.05, 0) is 5.56 Å². The van der Waals surface area contributed by atoms with E-state index >= 15 is 0 Å². The lowest BCUT2D eigenvalue weighted by Crippen LogP contribution is -2.51. The van der Waals surface area contributed by atoms with Crippen LogP contribution in [0.15, 0.2) is 30.3 Å². The standard InChI is InChI=1S/C14H20N2O4.ClH/c1-19-9-11(15)13(17)16-12(14(18)20-2)8-10-6-4-3-5-7-10;/h3-7,11-12H,8-9,15H2,1-2H3,(H,16,17);1H. The minimum Gasteiger partial charge on any atom is -0.467 e. The molecule has 0 radical (unpaired) electrons. The van der Waals surface area contributed by atoms with Crippen LogP contribution in [-0.4, -0.2) is 44.8 Å². The van der Waals surface area contributed by atoms with Gasteiger partial charge in [-0.1, -0.05) is 30.3 Å². The summed E-state index contributed by atoms with van der Waals surface area (Å²) in [6, 6.07) is 7.77. The largest absolute Gasteiger partial charge is 0.467 e. The van der Waals surface area contributed by atoms with Crippen molar-refractivity contribution in [1.82, 2.24) is 5.32 Å². The molecule has 1 aromatic rings. The van der Waals surface area contributed by atoms with Gasteiger partial charge in [0.1, 0.15) is 12.1 Å². The van der Waals surface area contributed by atoms with E-state index in [9.17, 15) is 9.59 Å². The van der Waals surface area contributed by atoms with Crippen LogP contribution in [0.25, 0.3) is 0 Å². The van der Waals surface area contributed by atoms with Gasteiger partial charge < -0.3 is 20.5 Å². The highest BCUT2D eigenvalue weighted by Crippen LogP contribution is 2.04. The zero-order valence-electron chi connectivity index (χ0n) is 12.1. The smallest absolute Gasteiger partial charge is 0.328 e. The van der Waals surface area contributed by atoms with Crippen LogP contribution in [0.3, 0.4) is 0 Å². The van der Waals surface area contributed by atoms with Crippen molar-refractivity contribution in [1.29, 1.82) is 0 Å². The number of carbonyl (C=O) groups is 2. The summed E-state index contributed by atoms with van der Waals surface area (Å²) >= 11 is 0. The minimum absolute atomic E-state index is 0. The maximum Gasteiger partial charge on any atom is 0.328 e. The number of amides is 1. The molecule has 1 aromatic carbocycles. The van der Waals surface area contributed by atoms with E-state index < -0.39 is 24.0 Å². The first-order valence-electron chi connectivity index (χ1n) is 6.25. The van der Waals surface area contributed by atoms with E-state index in [1.807, 2.05) is 30.3 Å². The normalized spacial score (nSPS) is 12.7. The van der Waals surface area contributed by atoms with Crippen LogP contribution >= 0.6 is 12.4 Å². The van der Waals surface area contributed by atoms with Crippen molar-refractivity contribution in [2.24, 2.45) is 5.73 Å². The molecule has 0 saturated heterocycles. The number of esters is 1. The third-order valence-corrected chi connectivity index (χ3v) is 2.77. The molecule has 118 valence electrons. The zero-order valence-corrected chi connectivity index (χ0v) is 12.9.